The molecule has 1 heterocycles. The average Bonchev–Trinajstić information content (AvgIpc) is 2.37. The highest BCUT2D eigenvalue weighted by Gasteiger charge is 2.13. The van der Waals surface area contributed by atoms with Crippen molar-refractivity contribution in [2.45, 2.75) is 33.6 Å². The number of aromatic nitrogens is 2. The number of rotatable bonds is 3. The van der Waals surface area contributed by atoms with Gasteiger partial charge in [-0.2, -0.15) is 0 Å². The summed E-state index contributed by atoms with van der Waals surface area (Å²) in [6.07, 6.45) is 1.71. The Labute approximate surface area is 117 Å². The Hall–Kier alpha value is -1.48. The fourth-order valence-electron chi connectivity index (χ4n) is 1.98. The van der Waals surface area contributed by atoms with Crippen LogP contribution in [-0.2, 0) is 6.42 Å². The van der Waals surface area contributed by atoms with Gasteiger partial charge in [-0.25, -0.2) is 14.4 Å². The van der Waals surface area contributed by atoms with Crippen molar-refractivity contribution in [3.8, 4) is 11.3 Å². The maximum atomic E-state index is 13.4. The van der Waals surface area contributed by atoms with E-state index in [9.17, 15) is 4.39 Å². The van der Waals surface area contributed by atoms with Gasteiger partial charge in [-0.05, 0) is 38.0 Å². The number of hydrogen-bond acceptors (Lipinski definition) is 2. The van der Waals surface area contributed by atoms with Crippen LogP contribution in [0.5, 0.6) is 0 Å². The molecule has 4 heteroatoms. The van der Waals surface area contributed by atoms with Gasteiger partial charge in [-0.1, -0.05) is 24.6 Å². The summed E-state index contributed by atoms with van der Waals surface area (Å²) in [5, 5.41) is 0.442. The lowest BCUT2D eigenvalue weighted by molar-refractivity contribution is 0.628. The first-order valence-corrected chi connectivity index (χ1v) is 6.70. The Morgan fingerprint density at radius 2 is 1.95 bits per heavy atom. The van der Waals surface area contributed by atoms with Crippen molar-refractivity contribution in [1.29, 1.82) is 0 Å². The Morgan fingerprint density at radius 1 is 1.21 bits per heavy atom. The van der Waals surface area contributed by atoms with Crippen LogP contribution in [0.3, 0.4) is 0 Å². The number of hydrogen-bond donors (Lipinski definition) is 0. The molecule has 0 unspecified atom stereocenters. The minimum absolute atomic E-state index is 0.272. The van der Waals surface area contributed by atoms with Gasteiger partial charge >= 0.3 is 0 Å². The van der Waals surface area contributed by atoms with Crippen molar-refractivity contribution in [2.24, 2.45) is 0 Å². The fraction of sp³-hybridized carbons (Fsp3) is 0.333. The normalized spacial score (nSPS) is 10.8. The third kappa shape index (κ3) is 2.92. The lowest BCUT2D eigenvalue weighted by atomic mass is 10.0. The molecule has 1 aromatic heterocycles. The van der Waals surface area contributed by atoms with E-state index in [1.165, 1.54) is 12.1 Å². The summed E-state index contributed by atoms with van der Waals surface area (Å²) in [6, 6.07) is 4.69. The topological polar surface area (TPSA) is 25.8 Å². The Kier molecular flexibility index (Phi) is 4.15. The molecule has 19 heavy (non-hydrogen) atoms. The zero-order valence-electron chi connectivity index (χ0n) is 11.3. The molecule has 2 aromatic rings. The van der Waals surface area contributed by atoms with Gasteiger partial charge in [-0.15, -0.1) is 0 Å². The number of halogens is 2. The summed E-state index contributed by atoms with van der Waals surface area (Å²) in [7, 11) is 0. The second-order valence-corrected chi connectivity index (χ2v) is 4.97. The van der Waals surface area contributed by atoms with Crippen LogP contribution in [-0.4, -0.2) is 9.97 Å². The SMILES string of the molecule is CCCc1nc(Cl)c(C)c(-c2cc(F)ccc2C)n1. The predicted octanol–water partition coefficient (Wildman–Crippen LogP) is 4.51. The van der Waals surface area contributed by atoms with E-state index in [1.54, 1.807) is 6.07 Å². The van der Waals surface area contributed by atoms with Crippen LogP contribution in [0.25, 0.3) is 11.3 Å². The Balaban J connectivity index is 2.63. The van der Waals surface area contributed by atoms with Crippen LogP contribution in [0.15, 0.2) is 18.2 Å². The molecule has 1 aromatic carbocycles. The standard InChI is InChI=1S/C15H16ClFN2/c1-4-5-13-18-14(10(3)15(16)19-13)12-8-11(17)7-6-9(12)2/h6-8H,4-5H2,1-3H3. The third-order valence-corrected chi connectivity index (χ3v) is 3.43. The van der Waals surface area contributed by atoms with Gasteiger partial charge in [0.1, 0.15) is 16.8 Å². The van der Waals surface area contributed by atoms with Crippen LogP contribution in [0.2, 0.25) is 5.15 Å². The van der Waals surface area contributed by atoms with E-state index >= 15 is 0 Å². The smallest absolute Gasteiger partial charge is 0.136 e. The van der Waals surface area contributed by atoms with Crippen LogP contribution < -0.4 is 0 Å². The molecule has 2 nitrogen and oxygen atoms in total. The molecular weight excluding hydrogens is 263 g/mol. The lowest BCUT2D eigenvalue weighted by Crippen LogP contribution is -2.01. The summed E-state index contributed by atoms with van der Waals surface area (Å²) >= 11 is 6.15. The third-order valence-electron chi connectivity index (χ3n) is 3.06. The molecule has 0 bridgehead atoms. The first-order valence-electron chi connectivity index (χ1n) is 6.32. The van der Waals surface area contributed by atoms with Crippen molar-refractivity contribution in [2.75, 3.05) is 0 Å². The van der Waals surface area contributed by atoms with Crippen molar-refractivity contribution < 1.29 is 4.39 Å². The van der Waals surface area contributed by atoms with E-state index < -0.39 is 0 Å². The van der Waals surface area contributed by atoms with Gasteiger partial charge in [-0.3, -0.25) is 0 Å². The Bertz CT molecular complexity index is 611. The van der Waals surface area contributed by atoms with Gasteiger partial charge in [0, 0.05) is 17.5 Å². The van der Waals surface area contributed by atoms with Crippen molar-refractivity contribution in [1.82, 2.24) is 9.97 Å². The molecule has 0 saturated heterocycles. The fourth-order valence-corrected chi connectivity index (χ4v) is 2.17. The molecule has 0 radical (unpaired) electrons. The van der Waals surface area contributed by atoms with Crippen LogP contribution in [0.1, 0.15) is 30.3 Å². The molecule has 100 valence electrons. The zero-order valence-corrected chi connectivity index (χ0v) is 12.1. The molecule has 2 rings (SSSR count). The second kappa shape index (κ2) is 5.66. The monoisotopic (exact) mass is 278 g/mol. The number of nitrogens with zero attached hydrogens (tertiary/aromatic N) is 2. The molecule has 0 amide bonds. The van der Waals surface area contributed by atoms with Gasteiger partial charge in [0.15, 0.2) is 0 Å². The molecule has 0 atom stereocenters. The summed E-state index contributed by atoms with van der Waals surface area (Å²) in [5.74, 6) is 0.434. The van der Waals surface area contributed by atoms with Gasteiger partial charge in [0.2, 0.25) is 0 Å². The van der Waals surface area contributed by atoms with Crippen molar-refractivity contribution in [3.63, 3.8) is 0 Å². The summed E-state index contributed by atoms with van der Waals surface area (Å²) in [5.41, 5.74) is 3.26. The summed E-state index contributed by atoms with van der Waals surface area (Å²) in [6.45, 7) is 5.85. The quantitative estimate of drug-likeness (QED) is 0.772. The van der Waals surface area contributed by atoms with Crippen LogP contribution in [0.4, 0.5) is 4.39 Å². The van der Waals surface area contributed by atoms with E-state index in [0.29, 0.717) is 11.0 Å². The summed E-state index contributed by atoms with van der Waals surface area (Å²) in [4.78, 5) is 8.79. The highest BCUT2D eigenvalue weighted by molar-refractivity contribution is 6.30. The van der Waals surface area contributed by atoms with E-state index in [4.69, 9.17) is 11.6 Å². The van der Waals surface area contributed by atoms with E-state index in [0.717, 1.165) is 35.2 Å². The van der Waals surface area contributed by atoms with Crippen LogP contribution >= 0.6 is 11.6 Å². The molecule has 0 saturated carbocycles. The average molecular weight is 279 g/mol. The number of benzene rings is 1. The highest BCUT2D eigenvalue weighted by atomic mass is 35.5. The minimum Gasteiger partial charge on any atom is -0.233 e. The molecular formula is C15H16ClFN2. The zero-order chi connectivity index (χ0) is 14.0. The molecule has 0 aliphatic rings. The minimum atomic E-state index is -0.272. The first-order chi connectivity index (χ1) is 9.02. The van der Waals surface area contributed by atoms with Gasteiger partial charge in [0.05, 0.1) is 5.69 Å². The number of aryl methyl sites for hydroxylation is 2. The van der Waals surface area contributed by atoms with Gasteiger partial charge in [0.25, 0.3) is 0 Å². The van der Waals surface area contributed by atoms with E-state index in [-0.39, 0.29) is 5.82 Å². The summed E-state index contributed by atoms with van der Waals surface area (Å²) < 4.78 is 13.4. The molecule has 0 spiro atoms. The molecule has 0 N–H and O–H groups in total. The van der Waals surface area contributed by atoms with Crippen molar-refractivity contribution >= 4 is 11.6 Å². The lowest BCUT2D eigenvalue weighted by Gasteiger charge is -2.11. The van der Waals surface area contributed by atoms with E-state index in [2.05, 4.69) is 16.9 Å². The predicted molar refractivity (Wildman–Crippen MR) is 75.9 cm³/mol. The van der Waals surface area contributed by atoms with E-state index in [1.807, 2.05) is 13.8 Å². The van der Waals surface area contributed by atoms with Crippen LogP contribution in [0, 0.1) is 19.7 Å². The van der Waals surface area contributed by atoms with Crippen molar-refractivity contribution in [3.05, 3.63) is 46.1 Å². The molecule has 0 fully saturated rings. The second-order valence-electron chi connectivity index (χ2n) is 4.61. The molecule has 0 aliphatic carbocycles. The highest BCUT2D eigenvalue weighted by Crippen LogP contribution is 2.29. The maximum absolute atomic E-state index is 13.4. The first kappa shape index (κ1) is 13.9. The molecule has 0 aliphatic heterocycles. The Morgan fingerprint density at radius 3 is 2.63 bits per heavy atom. The maximum Gasteiger partial charge on any atom is 0.136 e. The largest absolute Gasteiger partial charge is 0.233 e. The van der Waals surface area contributed by atoms with Gasteiger partial charge < -0.3 is 0 Å².